The van der Waals surface area contributed by atoms with E-state index in [4.69, 9.17) is 65.5 Å². The summed E-state index contributed by atoms with van der Waals surface area (Å²) in [5.74, 6) is 1.53. The largest absolute Gasteiger partial charge is 0.490 e. The molecule has 174 valence electrons. The molecule has 1 aromatic rings. The summed E-state index contributed by atoms with van der Waals surface area (Å²) >= 11 is 23.6. The monoisotopic (exact) mass is 511 g/mol. The van der Waals surface area contributed by atoms with Crippen molar-refractivity contribution in [2.24, 2.45) is 5.16 Å². The van der Waals surface area contributed by atoms with E-state index in [-0.39, 0.29) is 17.2 Å². The molecule has 0 heterocycles. The second kappa shape index (κ2) is 14.9. The van der Waals surface area contributed by atoms with Crippen molar-refractivity contribution in [2.75, 3.05) is 19.8 Å². The van der Waals surface area contributed by atoms with Gasteiger partial charge in [-0.2, -0.15) is 0 Å². The minimum atomic E-state index is 0.137. The molecular weight excluding hydrogens is 484 g/mol. The Labute approximate surface area is 204 Å². The van der Waals surface area contributed by atoms with E-state index in [1.807, 2.05) is 6.92 Å². The zero-order valence-corrected chi connectivity index (χ0v) is 20.7. The van der Waals surface area contributed by atoms with Gasteiger partial charge >= 0.3 is 0 Å². The van der Waals surface area contributed by atoms with Gasteiger partial charge < -0.3 is 19.0 Å². The molecule has 0 atom stereocenters. The van der Waals surface area contributed by atoms with Crippen LogP contribution in [0.5, 0.6) is 11.5 Å². The fraction of sp³-hybridized carbons (Fsp3) is 0.591. The van der Waals surface area contributed by atoms with E-state index in [1.54, 1.807) is 12.1 Å². The number of benzene rings is 1. The smallest absolute Gasteiger partial charge is 0.222 e. The van der Waals surface area contributed by atoms with Crippen LogP contribution in [-0.4, -0.2) is 31.8 Å². The van der Waals surface area contributed by atoms with Crippen LogP contribution in [-0.2, 0) is 9.57 Å². The first-order valence-corrected chi connectivity index (χ1v) is 12.1. The Balaban J connectivity index is 1.60. The third-order valence-corrected chi connectivity index (χ3v) is 5.56. The van der Waals surface area contributed by atoms with Gasteiger partial charge in [0.25, 0.3) is 0 Å². The molecule has 0 bridgehead atoms. The average molecular weight is 513 g/mol. The lowest BCUT2D eigenvalue weighted by atomic mass is 9.98. The third kappa shape index (κ3) is 10.9. The second-order valence-electron chi connectivity index (χ2n) is 7.25. The van der Waals surface area contributed by atoms with Crippen molar-refractivity contribution in [1.29, 1.82) is 0 Å². The number of hydrogen-bond acceptors (Lipinski definition) is 5. The van der Waals surface area contributed by atoms with E-state index in [1.165, 1.54) is 25.3 Å². The van der Waals surface area contributed by atoms with E-state index in [0.29, 0.717) is 40.7 Å². The van der Waals surface area contributed by atoms with E-state index >= 15 is 0 Å². The van der Waals surface area contributed by atoms with Crippen molar-refractivity contribution in [2.45, 2.75) is 64.4 Å². The summed E-state index contributed by atoms with van der Waals surface area (Å²) in [5, 5.41) is 4.86. The molecule has 1 aromatic carbocycles. The summed E-state index contributed by atoms with van der Waals surface area (Å²) in [6.07, 6.45) is 10.4. The maximum Gasteiger partial charge on any atom is 0.222 e. The predicted octanol–water partition coefficient (Wildman–Crippen LogP) is 7.94. The van der Waals surface area contributed by atoms with Gasteiger partial charge in [-0.25, -0.2) is 0 Å². The minimum absolute atomic E-state index is 0.137. The minimum Gasteiger partial charge on any atom is -0.490 e. The topological polar surface area (TPSA) is 49.3 Å². The Morgan fingerprint density at radius 3 is 2.35 bits per heavy atom. The normalized spacial score (nSPS) is 14.8. The van der Waals surface area contributed by atoms with Gasteiger partial charge in [0.15, 0.2) is 5.75 Å². The van der Waals surface area contributed by atoms with Crippen LogP contribution in [0.25, 0.3) is 0 Å². The molecular formula is C22H29Cl4NO4. The van der Waals surface area contributed by atoms with Crippen LogP contribution in [0, 0.1) is 0 Å². The maximum absolute atomic E-state index is 6.26. The lowest BCUT2D eigenvalue weighted by molar-refractivity contribution is 0.0274. The Kier molecular flexibility index (Phi) is 12.6. The maximum atomic E-state index is 6.26. The summed E-state index contributed by atoms with van der Waals surface area (Å²) < 4.78 is 17.0. The van der Waals surface area contributed by atoms with Gasteiger partial charge in [-0.1, -0.05) is 58.0 Å². The number of hydrogen-bond donors (Lipinski definition) is 0. The molecule has 1 saturated carbocycles. The highest BCUT2D eigenvalue weighted by atomic mass is 35.5. The summed E-state index contributed by atoms with van der Waals surface area (Å²) in [6.45, 7) is 3.14. The first kappa shape index (κ1) is 26.2. The standard InChI is InChI=1S/C22H29Cl4NO4/c1-16(27-31-17-8-4-2-5-9-17)28-11-6-3-7-12-30-22-19(23)14-18(15-20(22)24)29-13-10-21(25)26/h10,14-15,17H,2-9,11-13H2,1H3. The predicted molar refractivity (Wildman–Crippen MR) is 128 cm³/mol. The average Bonchev–Trinajstić information content (AvgIpc) is 2.73. The van der Waals surface area contributed by atoms with E-state index < -0.39 is 0 Å². The molecule has 1 aliphatic rings. The van der Waals surface area contributed by atoms with Gasteiger partial charge in [-0.3, -0.25) is 0 Å². The number of oxime groups is 1. The fourth-order valence-electron chi connectivity index (χ4n) is 3.08. The van der Waals surface area contributed by atoms with Crippen LogP contribution in [0.3, 0.4) is 0 Å². The molecule has 0 radical (unpaired) electrons. The van der Waals surface area contributed by atoms with Crippen LogP contribution in [0.15, 0.2) is 27.9 Å². The number of unbranched alkanes of at least 4 members (excludes halogenated alkanes) is 2. The van der Waals surface area contributed by atoms with Crippen LogP contribution < -0.4 is 9.47 Å². The Morgan fingerprint density at radius 2 is 1.68 bits per heavy atom. The SMILES string of the molecule is CC(=NOC1CCCCC1)OCCCCCOc1c(Cl)cc(OCC=C(Cl)Cl)cc1Cl. The molecule has 1 fully saturated rings. The van der Waals surface area contributed by atoms with Gasteiger partial charge in [0, 0.05) is 19.1 Å². The molecule has 31 heavy (non-hydrogen) atoms. The number of nitrogens with zero attached hydrogens (tertiary/aromatic N) is 1. The Hall–Kier alpha value is -1.01. The van der Waals surface area contributed by atoms with Crippen molar-refractivity contribution in [1.82, 2.24) is 0 Å². The molecule has 0 aliphatic heterocycles. The summed E-state index contributed by atoms with van der Waals surface area (Å²) in [5.41, 5.74) is 0. The number of ether oxygens (including phenoxy) is 3. The van der Waals surface area contributed by atoms with E-state index in [9.17, 15) is 0 Å². The highest BCUT2D eigenvalue weighted by Gasteiger charge is 2.14. The Morgan fingerprint density at radius 1 is 1.00 bits per heavy atom. The molecule has 0 N–H and O–H groups in total. The molecule has 9 heteroatoms. The Bertz CT molecular complexity index is 709. The number of halogens is 4. The van der Waals surface area contributed by atoms with E-state index in [2.05, 4.69) is 5.16 Å². The fourth-order valence-corrected chi connectivity index (χ4v) is 3.78. The van der Waals surface area contributed by atoms with Crippen LogP contribution in [0.4, 0.5) is 0 Å². The second-order valence-corrected chi connectivity index (χ2v) is 9.08. The lowest BCUT2D eigenvalue weighted by Gasteiger charge is -2.19. The van der Waals surface area contributed by atoms with Crippen LogP contribution in [0.2, 0.25) is 10.0 Å². The quantitative estimate of drug-likeness (QED) is 0.123. The van der Waals surface area contributed by atoms with E-state index in [0.717, 1.165) is 32.1 Å². The highest BCUT2D eigenvalue weighted by molar-refractivity contribution is 6.55. The molecule has 2 rings (SSSR count). The van der Waals surface area contributed by atoms with Crippen molar-refractivity contribution < 1.29 is 19.0 Å². The van der Waals surface area contributed by atoms with Crippen molar-refractivity contribution in [3.8, 4) is 11.5 Å². The molecule has 0 spiro atoms. The lowest BCUT2D eigenvalue weighted by Crippen LogP contribution is -2.15. The van der Waals surface area contributed by atoms with Gasteiger partial charge in [-0.05, 0) is 51.0 Å². The highest BCUT2D eigenvalue weighted by Crippen LogP contribution is 2.37. The van der Waals surface area contributed by atoms with Gasteiger partial charge in [-0.15, -0.1) is 0 Å². The zero-order chi connectivity index (χ0) is 22.5. The summed E-state index contributed by atoms with van der Waals surface area (Å²) in [4.78, 5) is 5.55. The van der Waals surface area contributed by atoms with Crippen molar-refractivity contribution >= 4 is 52.3 Å². The van der Waals surface area contributed by atoms with Gasteiger partial charge in [0.1, 0.15) is 23.0 Å². The molecule has 0 amide bonds. The zero-order valence-electron chi connectivity index (χ0n) is 17.7. The molecule has 5 nitrogen and oxygen atoms in total. The molecule has 0 aromatic heterocycles. The number of rotatable bonds is 12. The van der Waals surface area contributed by atoms with Gasteiger partial charge in [0.2, 0.25) is 5.90 Å². The van der Waals surface area contributed by atoms with Crippen LogP contribution >= 0.6 is 46.4 Å². The van der Waals surface area contributed by atoms with Gasteiger partial charge in [0.05, 0.1) is 23.3 Å². The van der Waals surface area contributed by atoms with Crippen molar-refractivity contribution in [3.05, 3.63) is 32.7 Å². The van der Waals surface area contributed by atoms with Crippen molar-refractivity contribution in [3.63, 3.8) is 0 Å². The molecule has 0 saturated heterocycles. The molecule has 1 aliphatic carbocycles. The van der Waals surface area contributed by atoms with Crippen LogP contribution in [0.1, 0.15) is 58.3 Å². The third-order valence-electron chi connectivity index (χ3n) is 4.69. The first-order valence-electron chi connectivity index (χ1n) is 10.5. The first-order chi connectivity index (χ1) is 15.0. The summed E-state index contributed by atoms with van der Waals surface area (Å²) in [7, 11) is 0. The molecule has 0 unspecified atom stereocenters. The summed E-state index contributed by atoms with van der Waals surface area (Å²) in [6, 6.07) is 3.29.